The summed E-state index contributed by atoms with van der Waals surface area (Å²) in [4.78, 5) is 0. The number of aliphatic hydroxyl groups is 1. The summed E-state index contributed by atoms with van der Waals surface area (Å²) in [5.74, 6) is 2.96. The van der Waals surface area contributed by atoms with E-state index >= 15 is 0 Å². The van der Waals surface area contributed by atoms with Gasteiger partial charge in [0.15, 0.2) is 0 Å². The van der Waals surface area contributed by atoms with Crippen molar-refractivity contribution in [3.63, 3.8) is 0 Å². The molecule has 186 valence electrons. The van der Waals surface area contributed by atoms with E-state index in [0.717, 1.165) is 34.2 Å². The van der Waals surface area contributed by atoms with Gasteiger partial charge in [-0.05, 0) is 97.1 Å². The Morgan fingerprint density at radius 1 is 0.500 bits per heavy atom. The molecule has 4 rings (SSSR count). The second-order valence-electron chi connectivity index (χ2n) is 8.03. The van der Waals surface area contributed by atoms with Crippen LogP contribution in [0.3, 0.4) is 0 Å². The van der Waals surface area contributed by atoms with E-state index < -0.39 is 6.10 Å². The number of ether oxygens (including phenoxy) is 4. The predicted octanol–water partition coefficient (Wildman–Crippen LogP) is 6.01. The van der Waals surface area contributed by atoms with Gasteiger partial charge >= 0.3 is 0 Å². The number of rotatable bonds is 12. The van der Waals surface area contributed by atoms with Gasteiger partial charge in [0.25, 0.3) is 0 Å². The quantitative estimate of drug-likeness (QED) is 0.226. The third kappa shape index (κ3) is 7.32. The molecule has 0 heterocycles. The smallest absolute Gasteiger partial charge is 0.122 e. The fourth-order valence-corrected chi connectivity index (χ4v) is 3.38. The molecule has 0 spiro atoms. The second kappa shape index (κ2) is 12.4. The van der Waals surface area contributed by atoms with E-state index in [1.807, 2.05) is 97.1 Å². The highest BCUT2D eigenvalue weighted by atomic mass is 16.5. The molecule has 0 aliphatic heterocycles. The monoisotopic (exact) mass is 486 g/mol. The zero-order chi connectivity index (χ0) is 25.2. The molecule has 36 heavy (non-hydrogen) atoms. The largest absolute Gasteiger partial charge is 0.497 e. The van der Waals surface area contributed by atoms with Crippen LogP contribution in [0.1, 0.15) is 0 Å². The number of hydrogen-bond acceptors (Lipinski definition) is 7. The van der Waals surface area contributed by atoms with Crippen molar-refractivity contribution in [1.82, 2.24) is 0 Å². The van der Waals surface area contributed by atoms with E-state index in [4.69, 9.17) is 18.9 Å². The van der Waals surface area contributed by atoms with Gasteiger partial charge in [-0.1, -0.05) is 0 Å². The average molecular weight is 487 g/mol. The fraction of sp³-hybridized carbons (Fsp3) is 0.172. The molecule has 0 radical (unpaired) electrons. The lowest BCUT2D eigenvalue weighted by Crippen LogP contribution is -2.25. The zero-order valence-electron chi connectivity index (χ0n) is 20.3. The van der Waals surface area contributed by atoms with Crippen LogP contribution in [0, 0.1) is 0 Å². The molecule has 4 aromatic carbocycles. The molecule has 0 aliphatic rings. The van der Waals surface area contributed by atoms with Crippen molar-refractivity contribution in [3.05, 3.63) is 97.1 Å². The molecule has 0 unspecified atom stereocenters. The van der Waals surface area contributed by atoms with E-state index in [0.29, 0.717) is 11.5 Å². The van der Waals surface area contributed by atoms with Gasteiger partial charge in [0.1, 0.15) is 42.3 Å². The highest BCUT2D eigenvalue weighted by Crippen LogP contribution is 2.23. The molecule has 0 saturated heterocycles. The highest BCUT2D eigenvalue weighted by Gasteiger charge is 2.07. The summed E-state index contributed by atoms with van der Waals surface area (Å²) in [6, 6.07) is 30.5. The summed E-state index contributed by atoms with van der Waals surface area (Å²) in [5.41, 5.74) is 3.78. The highest BCUT2D eigenvalue weighted by molar-refractivity contribution is 5.62. The van der Waals surface area contributed by atoms with Gasteiger partial charge in [0, 0.05) is 22.7 Å². The Hall–Kier alpha value is -4.36. The Labute approximate surface area is 211 Å². The maximum absolute atomic E-state index is 10.3. The Morgan fingerprint density at radius 3 is 1.06 bits per heavy atom. The van der Waals surface area contributed by atoms with Crippen LogP contribution in [-0.4, -0.2) is 38.6 Å². The minimum absolute atomic E-state index is 0.127. The Bertz CT molecular complexity index is 1100. The van der Waals surface area contributed by atoms with Gasteiger partial charge in [-0.25, -0.2) is 0 Å². The van der Waals surface area contributed by atoms with Crippen LogP contribution in [0.15, 0.2) is 97.1 Å². The molecule has 3 N–H and O–H groups in total. The molecule has 0 amide bonds. The molecule has 0 bridgehead atoms. The topological polar surface area (TPSA) is 81.2 Å². The lowest BCUT2D eigenvalue weighted by molar-refractivity contribution is 0.0626. The van der Waals surface area contributed by atoms with Crippen molar-refractivity contribution in [1.29, 1.82) is 0 Å². The summed E-state index contributed by atoms with van der Waals surface area (Å²) >= 11 is 0. The molecule has 4 aromatic rings. The van der Waals surface area contributed by atoms with Crippen LogP contribution in [0.2, 0.25) is 0 Å². The molecule has 0 fully saturated rings. The zero-order valence-corrected chi connectivity index (χ0v) is 20.3. The minimum atomic E-state index is -0.765. The van der Waals surface area contributed by atoms with Crippen LogP contribution < -0.4 is 29.6 Å². The number of anilines is 4. The van der Waals surface area contributed by atoms with Crippen LogP contribution >= 0.6 is 0 Å². The predicted molar refractivity (Wildman–Crippen MR) is 142 cm³/mol. The Morgan fingerprint density at radius 2 is 0.778 bits per heavy atom. The van der Waals surface area contributed by atoms with Crippen LogP contribution in [0.4, 0.5) is 22.7 Å². The summed E-state index contributed by atoms with van der Waals surface area (Å²) < 4.78 is 21.8. The molecule has 0 atom stereocenters. The molecular formula is C29H30N2O5. The Kier molecular flexibility index (Phi) is 8.51. The van der Waals surface area contributed by atoms with E-state index in [-0.39, 0.29) is 13.2 Å². The lowest BCUT2D eigenvalue weighted by atomic mass is 10.2. The summed E-state index contributed by atoms with van der Waals surface area (Å²) in [7, 11) is 3.29. The first-order chi connectivity index (χ1) is 17.6. The molecular weight excluding hydrogens is 456 g/mol. The van der Waals surface area contributed by atoms with Crippen LogP contribution in [-0.2, 0) is 0 Å². The maximum Gasteiger partial charge on any atom is 0.122 e. The van der Waals surface area contributed by atoms with E-state index in [1.165, 1.54) is 0 Å². The van der Waals surface area contributed by atoms with E-state index in [9.17, 15) is 5.11 Å². The van der Waals surface area contributed by atoms with E-state index in [1.54, 1.807) is 14.2 Å². The minimum Gasteiger partial charge on any atom is -0.497 e. The summed E-state index contributed by atoms with van der Waals surface area (Å²) in [5, 5.41) is 16.9. The summed E-state index contributed by atoms with van der Waals surface area (Å²) in [6.45, 7) is 0.255. The normalized spacial score (nSPS) is 10.6. The molecule has 0 aliphatic carbocycles. The first-order valence-corrected chi connectivity index (χ1v) is 11.6. The standard InChI is InChI=1S/C29H30N2O5/c1-33-26-11-3-21(4-12-26)30-23-7-15-28(16-8-23)35-19-25(32)20-36-29-17-9-24(10-18-29)31-22-5-13-27(34-2)14-6-22/h3-18,25,30-32H,19-20H2,1-2H3. The lowest BCUT2D eigenvalue weighted by Gasteiger charge is -2.14. The number of hydrogen-bond donors (Lipinski definition) is 3. The first kappa shape index (κ1) is 24.8. The summed E-state index contributed by atoms with van der Waals surface area (Å²) in [6.07, 6.45) is -0.765. The van der Waals surface area contributed by atoms with Gasteiger partial charge in [0.05, 0.1) is 14.2 Å². The van der Waals surface area contributed by atoms with Crippen molar-refractivity contribution < 1.29 is 24.1 Å². The molecule has 0 aromatic heterocycles. The third-order valence-electron chi connectivity index (χ3n) is 5.35. The number of aliphatic hydroxyl groups excluding tert-OH is 1. The van der Waals surface area contributed by atoms with Crippen molar-refractivity contribution in [2.24, 2.45) is 0 Å². The molecule has 7 nitrogen and oxygen atoms in total. The first-order valence-electron chi connectivity index (χ1n) is 11.6. The van der Waals surface area contributed by atoms with Gasteiger partial charge in [-0.2, -0.15) is 0 Å². The van der Waals surface area contributed by atoms with Crippen molar-refractivity contribution >= 4 is 22.7 Å². The SMILES string of the molecule is COc1ccc(Nc2ccc(OCC(O)COc3ccc(Nc4ccc(OC)cc4)cc3)cc2)cc1. The maximum atomic E-state index is 10.3. The fourth-order valence-electron chi connectivity index (χ4n) is 3.38. The number of benzene rings is 4. The van der Waals surface area contributed by atoms with Gasteiger partial charge in [-0.15, -0.1) is 0 Å². The molecule has 7 heteroatoms. The number of methoxy groups -OCH3 is 2. The van der Waals surface area contributed by atoms with E-state index in [2.05, 4.69) is 10.6 Å². The average Bonchev–Trinajstić information content (AvgIpc) is 2.93. The van der Waals surface area contributed by atoms with Gasteiger partial charge in [0.2, 0.25) is 0 Å². The van der Waals surface area contributed by atoms with Crippen molar-refractivity contribution in [3.8, 4) is 23.0 Å². The van der Waals surface area contributed by atoms with Crippen molar-refractivity contribution in [2.45, 2.75) is 6.10 Å². The third-order valence-corrected chi connectivity index (χ3v) is 5.35. The van der Waals surface area contributed by atoms with Gasteiger partial charge in [-0.3, -0.25) is 0 Å². The van der Waals surface area contributed by atoms with Crippen LogP contribution in [0.5, 0.6) is 23.0 Å². The Balaban J connectivity index is 1.18. The molecule has 0 saturated carbocycles. The van der Waals surface area contributed by atoms with Crippen LogP contribution in [0.25, 0.3) is 0 Å². The second-order valence-corrected chi connectivity index (χ2v) is 8.03. The number of nitrogens with one attached hydrogen (secondary N) is 2. The van der Waals surface area contributed by atoms with Crippen molar-refractivity contribution in [2.75, 3.05) is 38.1 Å². The van der Waals surface area contributed by atoms with Gasteiger partial charge < -0.3 is 34.7 Å².